The van der Waals surface area contributed by atoms with Crippen LogP contribution in [0, 0.1) is 11.8 Å². The van der Waals surface area contributed by atoms with E-state index in [2.05, 4.69) is 32.6 Å². The van der Waals surface area contributed by atoms with Crippen LogP contribution in [-0.4, -0.2) is 0 Å². The summed E-state index contributed by atoms with van der Waals surface area (Å²) >= 11 is 0. The van der Waals surface area contributed by atoms with Crippen molar-refractivity contribution < 1.29 is 9.13 Å². The van der Waals surface area contributed by atoms with Crippen LogP contribution < -0.4 is 0 Å². The molecule has 0 N–H and O–H groups in total. The van der Waals surface area contributed by atoms with Crippen LogP contribution in [0.25, 0.3) is 0 Å². The molecular formula is C15H19FO. The van der Waals surface area contributed by atoms with Gasteiger partial charge in [0.1, 0.15) is 17.3 Å². The van der Waals surface area contributed by atoms with E-state index in [1.165, 1.54) is 6.08 Å². The van der Waals surface area contributed by atoms with Crippen LogP contribution in [-0.2, 0) is 4.74 Å². The summed E-state index contributed by atoms with van der Waals surface area (Å²) in [7, 11) is 0. The lowest BCUT2D eigenvalue weighted by molar-refractivity contribution is 0.311. The van der Waals surface area contributed by atoms with Gasteiger partial charge in [0.25, 0.3) is 0 Å². The third-order valence-electron chi connectivity index (χ3n) is 2.77. The van der Waals surface area contributed by atoms with Gasteiger partial charge >= 0.3 is 0 Å². The lowest BCUT2D eigenvalue weighted by Gasteiger charge is -2.19. The fourth-order valence-corrected chi connectivity index (χ4v) is 1.44. The highest BCUT2D eigenvalue weighted by molar-refractivity contribution is 5.23. The Labute approximate surface area is 103 Å². The molecular weight excluding hydrogens is 215 g/mol. The first-order valence-electron chi connectivity index (χ1n) is 5.77. The van der Waals surface area contributed by atoms with Gasteiger partial charge in [0.05, 0.1) is 0 Å². The van der Waals surface area contributed by atoms with Crippen molar-refractivity contribution in [1.29, 1.82) is 0 Å². The van der Waals surface area contributed by atoms with Gasteiger partial charge in [-0.2, -0.15) is 0 Å². The molecule has 0 spiro atoms. The number of rotatable bonds is 4. The standard InChI is InChI=1S/C15H19FO/c1-5-14(16)8-7-13(4)17-15-9-6-11(2)12(3)10-15/h5-12H,1H2,2-4H3/b13-7+,14-8+/t11-,12+/m0/s1. The summed E-state index contributed by atoms with van der Waals surface area (Å²) in [5, 5.41) is 0. The Morgan fingerprint density at radius 1 is 1.35 bits per heavy atom. The molecule has 0 aromatic rings. The lowest BCUT2D eigenvalue weighted by Crippen LogP contribution is -2.07. The third kappa shape index (κ3) is 4.43. The summed E-state index contributed by atoms with van der Waals surface area (Å²) in [4.78, 5) is 0. The van der Waals surface area contributed by atoms with Crippen LogP contribution >= 0.6 is 0 Å². The van der Waals surface area contributed by atoms with Crippen molar-refractivity contribution >= 4 is 0 Å². The summed E-state index contributed by atoms with van der Waals surface area (Å²) < 4.78 is 18.4. The van der Waals surface area contributed by atoms with Crippen LogP contribution in [0.5, 0.6) is 0 Å². The van der Waals surface area contributed by atoms with Crippen LogP contribution in [0.2, 0.25) is 0 Å². The van der Waals surface area contributed by atoms with E-state index in [1.54, 1.807) is 13.0 Å². The zero-order valence-electron chi connectivity index (χ0n) is 10.6. The molecule has 1 aliphatic rings. The normalized spacial score (nSPS) is 25.5. The first kappa shape index (κ1) is 13.5. The van der Waals surface area contributed by atoms with Gasteiger partial charge < -0.3 is 4.74 Å². The topological polar surface area (TPSA) is 9.23 Å². The zero-order chi connectivity index (χ0) is 12.8. The molecule has 0 amide bonds. The molecule has 0 aromatic heterocycles. The molecule has 1 aliphatic carbocycles. The van der Waals surface area contributed by atoms with E-state index < -0.39 is 0 Å². The van der Waals surface area contributed by atoms with Crippen molar-refractivity contribution in [2.24, 2.45) is 11.8 Å². The zero-order valence-corrected chi connectivity index (χ0v) is 10.6. The number of halogens is 1. The molecule has 0 heterocycles. The molecule has 17 heavy (non-hydrogen) atoms. The Kier molecular flexibility index (Phi) is 4.95. The summed E-state index contributed by atoms with van der Waals surface area (Å²) in [6.07, 6.45) is 10.2. The van der Waals surface area contributed by atoms with E-state index in [1.807, 2.05) is 6.08 Å². The van der Waals surface area contributed by atoms with Crippen molar-refractivity contribution in [3.05, 3.63) is 60.4 Å². The van der Waals surface area contributed by atoms with Crippen molar-refractivity contribution in [1.82, 2.24) is 0 Å². The van der Waals surface area contributed by atoms with Crippen molar-refractivity contribution in [3.63, 3.8) is 0 Å². The smallest absolute Gasteiger partial charge is 0.122 e. The Balaban J connectivity index is 2.64. The molecule has 0 unspecified atom stereocenters. The van der Waals surface area contributed by atoms with E-state index in [4.69, 9.17) is 4.74 Å². The fraction of sp³-hybridized carbons (Fsp3) is 0.333. The monoisotopic (exact) mass is 234 g/mol. The molecule has 0 aliphatic heterocycles. The van der Waals surface area contributed by atoms with Crippen molar-refractivity contribution in [2.45, 2.75) is 20.8 Å². The van der Waals surface area contributed by atoms with Crippen molar-refractivity contribution in [2.75, 3.05) is 0 Å². The van der Waals surface area contributed by atoms with Crippen LogP contribution in [0.15, 0.2) is 60.4 Å². The van der Waals surface area contributed by atoms with E-state index in [0.717, 1.165) is 11.8 Å². The van der Waals surface area contributed by atoms with Gasteiger partial charge in [-0.1, -0.05) is 26.5 Å². The maximum absolute atomic E-state index is 12.8. The van der Waals surface area contributed by atoms with Gasteiger partial charge in [0, 0.05) is 0 Å². The first-order chi connectivity index (χ1) is 8.02. The number of ether oxygens (including phenoxy) is 1. The maximum atomic E-state index is 12.8. The number of allylic oxidation sites excluding steroid dienone is 8. The van der Waals surface area contributed by atoms with Crippen LogP contribution in [0.1, 0.15) is 20.8 Å². The molecule has 0 fully saturated rings. The fourth-order valence-electron chi connectivity index (χ4n) is 1.44. The molecule has 2 heteroatoms. The molecule has 0 saturated carbocycles. The average molecular weight is 234 g/mol. The first-order valence-corrected chi connectivity index (χ1v) is 5.77. The lowest BCUT2D eigenvalue weighted by atomic mass is 9.91. The highest BCUT2D eigenvalue weighted by Gasteiger charge is 2.12. The number of hydrogen-bond donors (Lipinski definition) is 0. The molecule has 1 nitrogen and oxygen atoms in total. The molecule has 0 radical (unpaired) electrons. The summed E-state index contributed by atoms with van der Waals surface area (Å²) in [5.41, 5.74) is 0. The second kappa shape index (κ2) is 6.24. The van der Waals surface area contributed by atoms with Crippen LogP contribution in [0.4, 0.5) is 4.39 Å². The van der Waals surface area contributed by atoms with Crippen LogP contribution in [0.3, 0.4) is 0 Å². The molecule has 2 atom stereocenters. The third-order valence-corrected chi connectivity index (χ3v) is 2.77. The average Bonchev–Trinajstić information content (AvgIpc) is 2.31. The Morgan fingerprint density at radius 2 is 2.06 bits per heavy atom. The molecule has 0 aromatic carbocycles. The SMILES string of the molecule is C=C/C(F)=C\C=C(/C)OC1=C[C@@H](C)[C@@H](C)C=C1. The van der Waals surface area contributed by atoms with Gasteiger partial charge in [-0.15, -0.1) is 0 Å². The largest absolute Gasteiger partial charge is 0.462 e. The Morgan fingerprint density at radius 3 is 2.65 bits per heavy atom. The number of hydrogen-bond acceptors (Lipinski definition) is 1. The predicted molar refractivity (Wildman–Crippen MR) is 69.8 cm³/mol. The Bertz CT molecular complexity index is 399. The highest BCUT2D eigenvalue weighted by Crippen LogP contribution is 2.23. The van der Waals surface area contributed by atoms with Gasteiger partial charge in [-0.3, -0.25) is 0 Å². The second-order valence-corrected chi connectivity index (χ2v) is 4.28. The second-order valence-electron chi connectivity index (χ2n) is 4.28. The van der Waals surface area contributed by atoms with Gasteiger partial charge in [0.15, 0.2) is 0 Å². The minimum absolute atomic E-state index is 0.372. The molecule has 1 rings (SSSR count). The summed E-state index contributed by atoms with van der Waals surface area (Å²) in [6, 6.07) is 0. The summed E-state index contributed by atoms with van der Waals surface area (Å²) in [6.45, 7) is 9.45. The maximum Gasteiger partial charge on any atom is 0.122 e. The van der Waals surface area contributed by atoms with Gasteiger partial charge in [0.2, 0.25) is 0 Å². The van der Waals surface area contributed by atoms with E-state index in [-0.39, 0.29) is 5.83 Å². The predicted octanol–water partition coefficient (Wildman–Crippen LogP) is 4.67. The summed E-state index contributed by atoms with van der Waals surface area (Å²) in [5.74, 6) is 2.09. The molecule has 0 saturated heterocycles. The van der Waals surface area contributed by atoms with Gasteiger partial charge in [-0.25, -0.2) is 4.39 Å². The van der Waals surface area contributed by atoms with E-state index in [9.17, 15) is 4.39 Å². The molecule has 0 bridgehead atoms. The minimum atomic E-state index is -0.372. The van der Waals surface area contributed by atoms with Gasteiger partial charge in [-0.05, 0) is 49.1 Å². The van der Waals surface area contributed by atoms with E-state index in [0.29, 0.717) is 17.6 Å². The minimum Gasteiger partial charge on any atom is -0.462 e. The molecule has 92 valence electrons. The Hall–Kier alpha value is -1.57. The highest BCUT2D eigenvalue weighted by atomic mass is 19.1. The van der Waals surface area contributed by atoms with Crippen molar-refractivity contribution in [3.8, 4) is 0 Å². The van der Waals surface area contributed by atoms with E-state index >= 15 is 0 Å². The quantitative estimate of drug-likeness (QED) is 0.507.